The van der Waals surface area contributed by atoms with Crippen LogP contribution in [0.15, 0.2) is 54.6 Å². The number of rotatable bonds is 8. The van der Waals surface area contributed by atoms with E-state index in [-0.39, 0.29) is 12.6 Å². The highest BCUT2D eigenvalue weighted by atomic mass is 16.5. The zero-order chi connectivity index (χ0) is 17.4. The number of hydrogen-bond donors (Lipinski definition) is 1. The van der Waals surface area contributed by atoms with Gasteiger partial charge in [0.2, 0.25) is 0 Å². The molecule has 0 radical (unpaired) electrons. The van der Waals surface area contributed by atoms with Gasteiger partial charge >= 0.3 is 5.97 Å². The minimum Gasteiger partial charge on any atom is -0.493 e. The molecule has 128 valence electrons. The zero-order valence-corrected chi connectivity index (χ0v) is 14.3. The van der Waals surface area contributed by atoms with Crippen molar-refractivity contribution in [3.63, 3.8) is 0 Å². The first-order valence-corrected chi connectivity index (χ1v) is 8.22. The molecule has 0 heterocycles. The number of ether oxygens (including phenoxy) is 2. The standard InChI is InChI=1S/C20H25NO3/c1-15(2)13-23-18-10-8-16(9-11-18)12-19(21)20(22)24-14-17-6-4-3-5-7-17/h3-11,15,19H,12-14,21H2,1-2H3/t19-/m0/s1. The number of hydrogen-bond acceptors (Lipinski definition) is 4. The number of benzene rings is 2. The molecule has 0 fully saturated rings. The van der Waals surface area contributed by atoms with E-state index in [1.165, 1.54) is 0 Å². The first-order chi connectivity index (χ1) is 11.5. The van der Waals surface area contributed by atoms with Crippen LogP contribution in [-0.2, 0) is 22.6 Å². The van der Waals surface area contributed by atoms with Gasteiger partial charge in [0, 0.05) is 0 Å². The lowest BCUT2D eigenvalue weighted by atomic mass is 10.1. The van der Waals surface area contributed by atoms with Crippen molar-refractivity contribution in [1.82, 2.24) is 0 Å². The molecule has 2 aromatic rings. The molecule has 2 rings (SSSR count). The molecule has 0 aliphatic rings. The molecule has 2 aromatic carbocycles. The normalized spacial score (nSPS) is 12.0. The van der Waals surface area contributed by atoms with Crippen molar-refractivity contribution >= 4 is 5.97 Å². The Hall–Kier alpha value is -2.33. The van der Waals surface area contributed by atoms with Gasteiger partial charge in [-0.05, 0) is 35.6 Å². The first-order valence-electron chi connectivity index (χ1n) is 8.22. The van der Waals surface area contributed by atoms with Crippen molar-refractivity contribution in [1.29, 1.82) is 0 Å². The monoisotopic (exact) mass is 327 g/mol. The van der Waals surface area contributed by atoms with E-state index >= 15 is 0 Å². The van der Waals surface area contributed by atoms with Gasteiger partial charge in [0.05, 0.1) is 6.61 Å². The predicted octanol–water partition coefficient (Wildman–Crippen LogP) is 3.33. The van der Waals surface area contributed by atoms with Gasteiger partial charge in [-0.1, -0.05) is 56.3 Å². The third-order valence-electron chi connectivity index (χ3n) is 3.49. The van der Waals surface area contributed by atoms with Gasteiger partial charge in [-0.3, -0.25) is 4.79 Å². The quantitative estimate of drug-likeness (QED) is 0.756. The molecule has 2 N–H and O–H groups in total. The lowest BCUT2D eigenvalue weighted by Gasteiger charge is -2.13. The van der Waals surface area contributed by atoms with Gasteiger partial charge in [0.15, 0.2) is 0 Å². The summed E-state index contributed by atoms with van der Waals surface area (Å²) >= 11 is 0. The Bertz CT molecular complexity index is 623. The predicted molar refractivity (Wildman–Crippen MR) is 94.7 cm³/mol. The Balaban J connectivity index is 1.80. The number of nitrogens with two attached hydrogens (primary N) is 1. The van der Waals surface area contributed by atoms with Gasteiger partial charge in [0.25, 0.3) is 0 Å². The van der Waals surface area contributed by atoms with Crippen LogP contribution in [0.3, 0.4) is 0 Å². The molecule has 0 spiro atoms. The summed E-state index contributed by atoms with van der Waals surface area (Å²) < 4.78 is 10.9. The highest BCUT2D eigenvalue weighted by Gasteiger charge is 2.15. The molecule has 0 bridgehead atoms. The van der Waals surface area contributed by atoms with Crippen molar-refractivity contribution in [2.45, 2.75) is 32.9 Å². The molecule has 0 saturated carbocycles. The fourth-order valence-electron chi connectivity index (χ4n) is 2.16. The minimum absolute atomic E-state index is 0.245. The maximum absolute atomic E-state index is 12.0. The smallest absolute Gasteiger partial charge is 0.323 e. The molecular weight excluding hydrogens is 302 g/mol. The first kappa shape index (κ1) is 18.0. The van der Waals surface area contributed by atoms with Crippen molar-refractivity contribution in [3.05, 3.63) is 65.7 Å². The Morgan fingerprint density at radius 3 is 2.29 bits per heavy atom. The Morgan fingerprint density at radius 1 is 1.00 bits per heavy atom. The highest BCUT2D eigenvalue weighted by molar-refractivity contribution is 5.75. The van der Waals surface area contributed by atoms with E-state index in [2.05, 4.69) is 13.8 Å². The SMILES string of the molecule is CC(C)COc1ccc(C[C@H](N)C(=O)OCc2ccccc2)cc1. The van der Waals surface area contributed by atoms with E-state index in [0.717, 1.165) is 16.9 Å². The van der Waals surface area contributed by atoms with Crippen LogP contribution in [0.1, 0.15) is 25.0 Å². The van der Waals surface area contributed by atoms with Gasteiger partial charge in [-0.15, -0.1) is 0 Å². The molecule has 0 aliphatic carbocycles. The third kappa shape index (κ3) is 6.05. The summed E-state index contributed by atoms with van der Waals surface area (Å²) in [6.45, 7) is 5.14. The highest BCUT2D eigenvalue weighted by Crippen LogP contribution is 2.14. The van der Waals surface area contributed by atoms with Gasteiger partial charge in [-0.2, -0.15) is 0 Å². The van der Waals surface area contributed by atoms with Crippen LogP contribution >= 0.6 is 0 Å². The van der Waals surface area contributed by atoms with Crippen LogP contribution < -0.4 is 10.5 Å². The van der Waals surface area contributed by atoms with Gasteiger partial charge in [-0.25, -0.2) is 0 Å². The summed E-state index contributed by atoms with van der Waals surface area (Å²) in [6.07, 6.45) is 0.443. The molecular formula is C20H25NO3. The maximum atomic E-state index is 12.0. The molecule has 0 unspecified atom stereocenters. The van der Waals surface area contributed by atoms with Crippen LogP contribution in [0.4, 0.5) is 0 Å². The zero-order valence-electron chi connectivity index (χ0n) is 14.3. The second-order valence-corrected chi connectivity index (χ2v) is 6.25. The lowest BCUT2D eigenvalue weighted by molar-refractivity contribution is -0.146. The van der Waals surface area contributed by atoms with Crippen molar-refractivity contribution in [3.8, 4) is 5.75 Å². The van der Waals surface area contributed by atoms with Crippen molar-refractivity contribution < 1.29 is 14.3 Å². The number of esters is 1. The van der Waals surface area contributed by atoms with Gasteiger partial charge in [0.1, 0.15) is 18.4 Å². The molecule has 0 saturated heterocycles. The van der Waals surface area contributed by atoms with Gasteiger partial charge < -0.3 is 15.2 Å². The van der Waals surface area contributed by atoms with E-state index in [1.54, 1.807) is 0 Å². The molecule has 0 amide bonds. The Morgan fingerprint density at radius 2 is 1.67 bits per heavy atom. The Labute approximate surface area is 143 Å². The second kappa shape index (κ2) is 9.08. The van der Waals surface area contributed by atoms with Crippen LogP contribution in [0.2, 0.25) is 0 Å². The molecule has 0 aromatic heterocycles. The van der Waals surface area contributed by atoms with Crippen LogP contribution in [0, 0.1) is 5.92 Å². The maximum Gasteiger partial charge on any atom is 0.323 e. The van der Waals surface area contributed by atoms with E-state index in [9.17, 15) is 4.79 Å². The topological polar surface area (TPSA) is 61.5 Å². The number of carbonyl (C=O) groups is 1. The number of carbonyl (C=O) groups excluding carboxylic acids is 1. The summed E-state index contributed by atoms with van der Waals surface area (Å²) in [5.41, 5.74) is 7.88. The largest absolute Gasteiger partial charge is 0.493 e. The van der Waals surface area contributed by atoms with E-state index in [1.807, 2.05) is 54.6 Å². The second-order valence-electron chi connectivity index (χ2n) is 6.25. The summed E-state index contributed by atoms with van der Waals surface area (Å²) in [4.78, 5) is 12.0. The van der Waals surface area contributed by atoms with Crippen molar-refractivity contribution in [2.24, 2.45) is 11.7 Å². The molecule has 4 heteroatoms. The van der Waals surface area contributed by atoms with E-state index in [4.69, 9.17) is 15.2 Å². The van der Waals surface area contributed by atoms with Crippen molar-refractivity contribution in [2.75, 3.05) is 6.61 Å². The summed E-state index contributed by atoms with van der Waals surface area (Å²) in [6, 6.07) is 16.6. The van der Waals surface area contributed by atoms with Crippen LogP contribution in [-0.4, -0.2) is 18.6 Å². The summed E-state index contributed by atoms with van der Waals surface area (Å²) in [5.74, 6) is 0.921. The summed E-state index contributed by atoms with van der Waals surface area (Å²) in [5, 5.41) is 0. The lowest BCUT2D eigenvalue weighted by Crippen LogP contribution is -2.34. The van der Waals surface area contributed by atoms with Crippen LogP contribution in [0.25, 0.3) is 0 Å². The van der Waals surface area contributed by atoms with E-state index in [0.29, 0.717) is 18.9 Å². The molecule has 4 nitrogen and oxygen atoms in total. The van der Waals surface area contributed by atoms with E-state index < -0.39 is 6.04 Å². The summed E-state index contributed by atoms with van der Waals surface area (Å²) in [7, 11) is 0. The molecule has 1 atom stereocenters. The average Bonchev–Trinajstić information content (AvgIpc) is 2.59. The third-order valence-corrected chi connectivity index (χ3v) is 3.49. The average molecular weight is 327 g/mol. The molecule has 0 aliphatic heterocycles. The molecule has 24 heavy (non-hydrogen) atoms. The van der Waals surface area contributed by atoms with Crippen LogP contribution in [0.5, 0.6) is 5.75 Å². The minimum atomic E-state index is -0.670. The Kier molecular flexibility index (Phi) is 6.82. The fourth-order valence-corrected chi connectivity index (χ4v) is 2.16. The fraction of sp³-hybridized carbons (Fsp3) is 0.350.